The van der Waals surface area contributed by atoms with E-state index < -0.39 is 15.8 Å². The molecule has 18 heavy (non-hydrogen) atoms. The fourth-order valence-electron chi connectivity index (χ4n) is 2.29. The van der Waals surface area contributed by atoms with E-state index in [9.17, 15) is 12.8 Å². The minimum Gasteiger partial charge on any atom is -0.208 e. The van der Waals surface area contributed by atoms with Crippen molar-refractivity contribution in [2.24, 2.45) is 5.92 Å². The molecular formula is C12H15ClFNO2S. The van der Waals surface area contributed by atoms with Gasteiger partial charge in [0.2, 0.25) is 10.0 Å². The van der Waals surface area contributed by atoms with Gasteiger partial charge in [-0.25, -0.2) is 17.5 Å². The lowest BCUT2D eigenvalue weighted by Gasteiger charge is -2.13. The molecule has 1 aliphatic rings. The normalized spacial score (nSPS) is 24.4. The Morgan fingerprint density at radius 2 is 2.11 bits per heavy atom. The quantitative estimate of drug-likeness (QED) is 0.931. The Labute approximate surface area is 111 Å². The van der Waals surface area contributed by atoms with Crippen LogP contribution in [0.4, 0.5) is 4.39 Å². The predicted molar refractivity (Wildman–Crippen MR) is 68.5 cm³/mol. The van der Waals surface area contributed by atoms with E-state index in [1.807, 2.05) is 0 Å². The molecule has 2 atom stereocenters. The Balaban J connectivity index is 2.23. The van der Waals surface area contributed by atoms with E-state index in [1.54, 1.807) is 0 Å². The van der Waals surface area contributed by atoms with E-state index in [0.29, 0.717) is 5.92 Å². The molecule has 0 bridgehead atoms. The van der Waals surface area contributed by atoms with Crippen LogP contribution in [0.1, 0.15) is 26.2 Å². The standard InChI is InChI=1S/C12H15ClFNO2S/c1-8-5-6-9(7-8)15-18(16,17)11-4-2-3-10(13)12(11)14/h2-4,8-9,15H,5-7H2,1H3. The number of sulfonamides is 1. The van der Waals surface area contributed by atoms with Gasteiger partial charge in [0.25, 0.3) is 0 Å². The summed E-state index contributed by atoms with van der Waals surface area (Å²) in [7, 11) is -3.83. The first-order valence-corrected chi connectivity index (χ1v) is 7.72. The van der Waals surface area contributed by atoms with Crippen molar-refractivity contribution in [2.45, 2.75) is 37.1 Å². The SMILES string of the molecule is CC1CCC(NS(=O)(=O)c2cccc(Cl)c2F)C1. The Morgan fingerprint density at radius 1 is 1.39 bits per heavy atom. The lowest BCUT2D eigenvalue weighted by Crippen LogP contribution is -2.33. The van der Waals surface area contributed by atoms with Crippen molar-refractivity contribution >= 4 is 21.6 Å². The Hall–Kier alpha value is -0.650. The summed E-state index contributed by atoms with van der Waals surface area (Å²) in [6, 6.07) is 3.87. The lowest BCUT2D eigenvalue weighted by molar-refractivity contribution is 0.528. The van der Waals surface area contributed by atoms with E-state index >= 15 is 0 Å². The summed E-state index contributed by atoms with van der Waals surface area (Å²) in [6.07, 6.45) is 2.58. The van der Waals surface area contributed by atoms with E-state index in [4.69, 9.17) is 11.6 Å². The Bertz CT molecular complexity index is 547. The van der Waals surface area contributed by atoms with Crippen molar-refractivity contribution < 1.29 is 12.8 Å². The maximum absolute atomic E-state index is 13.7. The highest BCUT2D eigenvalue weighted by molar-refractivity contribution is 7.89. The summed E-state index contributed by atoms with van der Waals surface area (Å²) >= 11 is 5.59. The molecule has 3 nitrogen and oxygen atoms in total. The Morgan fingerprint density at radius 3 is 2.72 bits per heavy atom. The first-order chi connectivity index (χ1) is 8.40. The van der Waals surface area contributed by atoms with Crippen molar-refractivity contribution in [1.82, 2.24) is 4.72 Å². The van der Waals surface area contributed by atoms with Gasteiger partial charge in [-0.1, -0.05) is 24.6 Å². The molecule has 100 valence electrons. The highest BCUT2D eigenvalue weighted by atomic mass is 35.5. The first-order valence-electron chi connectivity index (χ1n) is 5.86. The second-order valence-electron chi connectivity index (χ2n) is 4.79. The largest absolute Gasteiger partial charge is 0.243 e. The second-order valence-corrected chi connectivity index (χ2v) is 6.88. The number of rotatable bonds is 3. The van der Waals surface area contributed by atoms with Crippen molar-refractivity contribution in [2.75, 3.05) is 0 Å². The van der Waals surface area contributed by atoms with Gasteiger partial charge in [-0.2, -0.15) is 0 Å². The maximum atomic E-state index is 13.7. The van der Waals surface area contributed by atoms with Gasteiger partial charge >= 0.3 is 0 Å². The number of nitrogens with one attached hydrogen (secondary N) is 1. The summed E-state index contributed by atoms with van der Waals surface area (Å²) in [4.78, 5) is -0.380. The van der Waals surface area contributed by atoms with Crippen molar-refractivity contribution in [3.05, 3.63) is 29.0 Å². The van der Waals surface area contributed by atoms with E-state index in [1.165, 1.54) is 18.2 Å². The van der Waals surface area contributed by atoms with Crippen LogP contribution in [0.5, 0.6) is 0 Å². The lowest BCUT2D eigenvalue weighted by atomic mass is 10.1. The van der Waals surface area contributed by atoms with E-state index in [0.717, 1.165) is 19.3 Å². The van der Waals surface area contributed by atoms with Crippen LogP contribution in [0.25, 0.3) is 0 Å². The number of hydrogen-bond acceptors (Lipinski definition) is 2. The van der Waals surface area contributed by atoms with Gasteiger partial charge in [-0.15, -0.1) is 0 Å². The van der Waals surface area contributed by atoms with Crippen molar-refractivity contribution in [3.8, 4) is 0 Å². The van der Waals surface area contributed by atoms with Gasteiger partial charge in [0.15, 0.2) is 5.82 Å². The summed E-state index contributed by atoms with van der Waals surface area (Å²) in [6.45, 7) is 2.08. The molecule has 0 radical (unpaired) electrons. The van der Waals surface area contributed by atoms with Crippen LogP contribution >= 0.6 is 11.6 Å². The third-order valence-corrected chi connectivity index (χ3v) is 5.05. The monoisotopic (exact) mass is 291 g/mol. The van der Waals surface area contributed by atoms with Gasteiger partial charge in [0.05, 0.1) is 5.02 Å². The summed E-state index contributed by atoms with van der Waals surface area (Å²) in [5, 5.41) is -0.183. The van der Waals surface area contributed by atoms with Gasteiger partial charge in [0, 0.05) is 6.04 Å². The highest BCUT2D eigenvalue weighted by Gasteiger charge is 2.28. The third kappa shape index (κ3) is 2.84. The van der Waals surface area contributed by atoms with Gasteiger partial charge in [-0.05, 0) is 37.3 Å². The Kier molecular flexibility index (Phi) is 3.94. The zero-order valence-electron chi connectivity index (χ0n) is 9.99. The zero-order valence-corrected chi connectivity index (χ0v) is 11.6. The minimum atomic E-state index is -3.83. The molecule has 0 amide bonds. The topological polar surface area (TPSA) is 46.2 Å². The molecule has 0 aliphatic heterocycles. The molecule has 1 N–H and O–H groups in total. The first kappa shape index (κ1) is 13.8. The van der Waals surface area contributed by atoms with Crippen LogP contribution in [0, 0.1) is 11.7 Å². The molecule has 1 saturated carbocycles. The summed E-state index contributed by atoms with van der Waals surface area (Å²) in [5.74, 6) is -0.389. The molecule has 0 spiro atoms. The van der Waals surface area contributed by atoms with Gasteiger partial charge < -0.3 is 0 Å². The molecule has 0 saturated heterocycles. The smallest absolute Gasteiger partial charge is 0.208 e. The van der Waals surface area contributed by atoms with Crippen LogP contribution in [0.2, 0.25) is 5.02 Å². The summed E-state index contributed by atoms with van der Waals surface area (Å²) in [5.41, 5.74) is 0. The number of hydrogen-bond donors (Lipinski definition) is 1. The van der Waals surface area contributed by atoms with Crippen molar-refractivity contribution in [1.29, 1.82) is 0 Å². The third-order valence-electron chi connectivity index (χ3n) is 3.22. The molecule has 6 heteroatoms. The second kappa shape index (κ2) is 5.15. The average Bonchev–Trinajstić information content (AvgIpc) is 2.67. The molecule has 1 fully saturated rings. The van der Waals surface area contributed by atoms with Crippen LogP contribution in [0.3, 0.4) is 0 Å². The molecule has 1 aromatic carbocycles. The molecular weight excluding hydrogens is 277 g/mol. The van der Waals surface area contributed by atoms with Crippen LogP contribution in [-0.2, 0) is 10.0 Å². The van der Waals surface area contributed by atoms with E-state index in [2.05, 4.69) is 11.6 Å². The van der Waals surface area contributed by atoms with Crippen LogP contribution in [0.15, 0.2) is 23.1 Å². The molecule has 1 aromatic rings. The highest BCUT2D eigenvalue weighted by Crippen LogP contribution is 2.27. The van der Waals surface area contributed by atoms with Crippen LogP contribution < -0.4 is 4.72 Å². The molecule has 0 aromatic heterocycles. The minimum absolute atomic E-state index is 0.108. The molecule has 1 aliphatic carbocycles. The number of benzene rings is 1. The fraction of sp³-hybridized carbons (Fsp3) is 0.500. The summed E-state index contributed by atoms with van der Waals surface area (Å²) < 4.78 is 40.4. The average molecular weight is 292 g/mol. The molecule has 2 unspecified atom stereocenters. The van der Waals surface area contributed by atoms with Crippen LogP contribution in [-0.4, -0.2) is 14.5 Å². The van der Waals surface area contributed by atoms with Gasteiger partial charge in [-0.3, -0.25) is 0 Å². The predicted octanol–water partition coefficient (Wildman–Crippen LogP) is 2.95. The number of halogens is 2. The van der Waals surface area contributed by atoms with Gasteiger partial charge in [0.1, 0.15) is 4.90 Å². The fourth-order valence-corrected chi connectivity index (χ4v) is 3.90. The maximum Gasteiger partial charge on any atom is 0.243 e. The molecule has 0 heterocycles. The van der Waals surface area contributed by atoms with Crippen molar-refractivity contribution in [3.63, 3.8) is 0 Å². The zero-order chi connectivity index (χ0) is 13.3. The van der Waals surface area contributed by atoms with E-state index in [-0.39, 0.29) is 16.0 Å². The molecule has 2 rings (SSSR count).